The molecule has 2 heterocycles. The van der Waals surface area contributed by atoms with E-state index in [0.29, 0.717) is 47.3 Å². The minimum Gasteiger partial charge on any atom is -0.488 e. The van der Waals surface area contributed by atoms with Crippen LogP contribution < -0.4 is 30.2 Å². The third kappa shape index (κ3) is 7.65. The van der Waals surface area contributed by atoms with Crippen molar-refractivity contribution in [2.24, 2.45) is 5.92 Å². The first-order valence-electron chi connectivity index (χ1n) is 15.4. The molecule has 2 aromatic rings. The van der Waals surface area contributed by atoms with Crippen molar-refractivity contribution in [2.75, 3.05) is 44.2 Å². The van der Waals surface area contributed by atoms with Gasteiger partial charge in [-0.3, -0.25) is 4.79 Å². The highest BCUT2D eigenvalue weighted by Crippen LogP contribution is 2.34. The Balaban J connectivity index is 1.32. The lowest BCUT2D eigenvalue weighted by atomic mass is 9.96. The van der Waals surface area contributed by atoms with Crippen LogP contribution in [-0.4, -0.2) is 84.6 Å². The van der Waals surface area contributed by atoms with Crippen molar-refractivity contribution >= 4 is 29.3 Å². The molecule has 44 heavy (non-hydrogen) atoms. The largest absolute Gasteiger partial charge is 0.488 e. The Morgan fingerprint density at radius 3 is 2.43 bits per heavy atom. The highest BCUT2D eigenvalue weighted by molar-refractivity contribution is 6.00. The number of carbonyl (C=O) groups excluding carboxylic acids is 3. The highest BCUT2D eigenvalue weighted by Gasteiger charge is 2.32. The minimum absolute atomic E-state index is 0.0242. The topological polar surface area (TPSA) is 142 Å². The number of hydrogen-bond acceptors (Lipinski definition) is 7. The molecule has 5 amide bonds. The Hall–Kier alpha value is -4.19. The maximum Gasteiger partial charge on any atom is 0.323 e. The van der Waals surface area contributed by atoms with Gasteiger partial charge in [0.25, 0.3) is 0 Å². The fourth-order valence-electron chi connectivity index (χ4n) is 5.88. The summed E-state index contributed by atoms with van der Waals surface area (Å²) in [6.45, 7) is 4.43. The van der Waals surface area contributed by atoms with E-state index in [1.807, 2.05) is 13.8 Å². The van der Waals surface area contributed by atoms with Crippen LogP contribution in [0.25, 0.3) is 0 Å². The Bertz CT molecular complexity index is 1350. The molecule has 3 aliphatic rings. The fraction of sp³-hybridized carbons (Fsp3) is 0.531. The molecule has 2 aromatic carbocycles. The van der Waals surface area contributed by atoms with Gasteiger partial charge in [0.1, 0.15) is 11.9 Å². The van der Waals surface area contributed by atoms with Crippen LogP contribution in [0.3, 0.4) is 0 Å². The summed E-state index contributed by atoms with van der Waals surface area (Å²) in [6.07, 6.45) is 5.03. The molecule has 1 fully saturated rings. The zero-order chi connectivity index (χ0) is 31.2. The predicted octanol–water partition coefficient (Wildman–Crippen LogP) is 4.18. The first-order valence-corrected chi connectivity index (χ1v) is 15.4. The van der Waals surface area contributed by atoms with E-state index in [2.05, 4.69) is 16.0 Å². The maximum absolute atomic E-state index is 13.5. The number of nitrogens with one attached hydrogen (secondary N) is 3. The summed E-state index contributed by atoms with van der Waals surface area (Å²) >= 11 is 0. The normalized spacial score (nSPS) is 20.7. The van der Waals surface area contributed by atoms with E-state index in [9.17, 15) is 19.5 Å². The number of carbonyl (C=O) groups is 3. The summed E-state index contributed by atoms with van der Waals surface area (Å²) in [7, 11) is 1.76. The van der Waals surface area contributed by atoms with Gasteiger partial charge in [-0.1, -0.05) is 26.2 Å². The van der Waals surface area contributed by atoms with Crippen molar-refractivity contribution in [3.8, 4) is 17.2 Å². The number of nitrogens with zero attached hydrogens (tertiary/aromatic N) is 2. The molecule has 12 heteroatoms. The summed E-state index contributed by atoms with van der Waals surface area (Å²) in [6, 6.07) is 9.49. The third-order valence-electron chi connectivity index (χ3n) is 8.54. The molecule has 0 radical (unpaired) electrons. The standard InChI is InChI=1S/C32H43N5O7/c1-20-16-37(21(2)18-38)30(39)14-22-13-24(33-31(40)34-25-10-12-27-28(15-25)43-19-42-27)9-11-26(22)44-29(20)17-36(3)32(41)35-23-7-5-4-6-8-23/h9-13,15,20-21,23,29,38H,4-8,14,16-19H2,1-3H3,(H,35,41)(H2,33,34,40)/t20-,21+,29-/m0/s1. The molecule has 238 valence electrons. The van der Waals surface area contributed by atoms with Gasteiger partial charge in [0.15, 0.2) is 11.5 Å². The molecule has 0 spiro atoms. The molecule has 4 N–H and O–H groups in total. The number of aliphatic hydroxyl groups is 1. The molecule has 0 bridgehead atoms. The smallest absolute Gasteiger partial charge is 0.323 e. The summed E-state index contributed by atoms with van der Waals surface area (Å²) < 4.78 is 17.2. The zero-order valence-corrected chi connectivity index (χ0v) is 25.6. The van der Waals surface area contributed by atoms with E-state index >= 15 is 0 Å². The lowest BCUT2D eigenvalue weighted by Gasteiger charge is -2.34. The average molecular weight is 610 g/mol. The zero-order valence-electron chi connectivity index (χ0n) is 25.6. The number of anilines is 2. The SMILES string of the molecule is C[C@H](CO)N1C[C@H](C)[C@H](CN(C)C(=O)NC2CCCCC2)Oc2ccc(NC(=O)Nc3ccc4c(c3)OCO4)cc2CC1=O. The predicted molar refractivity (Wildman–Crippen MR) is 165 cm³/mol. The van der Waals surface area contributed by atoms with Gasteiger partial charge in [0.05, 0.1) is 25.6 Å². The van der Waals surface area contributed by atoms with Crippen LogP contribution >= 0.6 is 0 Å². The molecular formula is C32H43N5O7. The molecule has 0 aromatic heterocycles. The number of hydrogen-bond donors (Lipinski definition) is 4. The Labute approximate surface area is 258 Å². The molecule has 12 nitrogen and oxygen atoms in total. The van der Waals surface area contributed by atoms with Crippen LogP contribution in [0.4, 0.5) is 21.0 Å². The van der Waals surface area contributed by atoms with E-state index in [4.69, 9.17) is 14.2 Å². The van der Waals surface area contributed by atoms with Gasteiger partial charge in [-0.25, -0.2) is 9.59 Å². The number of ether oxygens (including phenoxy) is 3. The van der Waals surface area contributed by atoms with Gasteiger partial charge in [-0.15, -0.1) is 0 Å². The maximum atomic E-state index is 13.5. The van der Waals surface area contributed by atoms with Crippen molar-refractivity contribution < 1.29 is 33.7 Å². The molecule has 5 rings (SSSR count). The molecule has 1 aliphatic carbocycles. The summed E-state index contributed by atoms with van der Waals surface area (Å²) in [5, 5.41) is 18.7. The van der Waals surface area contributed by atoms with Crippen molar-refractivity contribution in [2.45, 2.75) is 70.6 Å². The van der Waals surface area contributed by atoms with Gasteiger partial charge in [-0.05, 0) is 50.1 Å². The summed E-state index contributed by atoms with van der Waals surface area (Å²) in [5.41, 5.74) is 1.61. The summed E-state index contributed by atoms with van der Waals surface area (Å²) in [5.74, 6) is 1.38. The minimum atomic E-state index is -0.466. The van der Waals surface area contributed by atoms with Crippen LogP contribution in [0.2, 0.25) is 0 Å². The van der Waals surface area contributed by atoms with E-state index in [1.54, 1.807) is 53.2 Å². The number of rotatable bonds is 7. The van der Waals surface area contributed by atoms with Crippen LogP contribution in [-0.2, 0) is 11.2 Å². The second kappa shape index (κ2) is 14.1. The van der Waals surface area contributed by atoms with Gasteiger partial charge < -0.3 is 45.1 Å². The monoisotopic (exact) mass is 609 g/mol. The molecule has 0 saturated heterocycles. The fourth-order valence-corrected chi connectivity index (χ4v) is 5.88. The van der Waals surface area contributed by atoms with E-state index in [1.165, 1.54) is 6.42 Å². The quantitative estimate of drug-likeness (QED) is 0.369. The number of likely N-dealkylation sites (N-methyl/N-ethyl adjacent to an activating group) is 1. The van der Waals surface area contributed by atoms with Crippen molar-refractivity contribution in [1.29, 1.82) is 0 Å². The van der Waals surface area contributed by atoms with Crippen LogP contribution in [0.1, 0.15) is 51.5 Å². The molecule has 0 unspecified atom stereocenters. The van der Waals surface area contributed by atoms with Gasteiger partial charge in [-0.2, -0.15) is 0 Å². The van der Waals surface area contributed by atoms with Gasteiger partial charge >= 0.3 is 12.1 Å². The second-order valence-electron chi connectivity index (χ2n) is 12.0. The van der Waals surface area contributed by atoms with Crippen molar-refractivity contribution in [3.05, 3.63) is 42.0 Å². The van der Waals surface area contributed by atoms with Gasteiger partial charge in [0.2, 0.25) is 12.7 Å². The third-order valence-corrected chi connectivity index (χ3v) is 8.54. The second-order valence-corrected chi connectivity index (χ2v) is 12.0. The van der Waals surface area contributed by atoms with Crippen LogP contribution in [0, 0.1) is 5.92 Å². The first-order chi connectivity index (χ1) is 21.2. The van der Waals surface area contributed by atoms with Crippen molar-refractivity contribution in [3.63, 3.8) is 0 Å². The highest BCUT2D eigenvalue weighted by atomic mass is 16.7. The number of fused-ring (bicyclic) bond motifs is 2. The van der Waals surface area contributed by atoms with E-state index in [0.717, 1.165) is 25.7 Å². The molecule has 1 saturated carbocycles. The summed E-state index contributed by atoms with van der Waals surface area (Å²) in [4.78, 5) is 42.7. The van der Waals surface area contributed by atoms with Crippen molar-refractivity contribution in [1.82, 2.24) is 15.1 Å². The van der Waals surface area contributed by atoms with E-state index < -0.39 is 18.2 Å². The van der Waals surface area contributed by atoms with Crippen LogP contribution in [0.5, 0.6) is 17.2 Å². The van der Waals surface area contributed by atoms with Gasteiger partial charge in [0, 0.05) is 48.6 Å². The van der Waals surface area contributed by atoms with Crippen LogP contribution in [0.15, 0.2) is 36.4 Å². The van der Waals surface area contributed by atoms with E-state index in [-0.39, 0.29) is 43.7 Å². The Morgan fingerprint density at radius 2 is 1.70 bits per heavy atom. The number of benzene rings is 2. The molecule has 3 atom stereocenters. The molecular weight excluding hydrogens is 566 g/mol. The Morgan fingerprint density at radius 1 is 1.02 bits per heavy atom. The lowest BCUT2D eigenvalue weighted by molar-refractivity contribution is -0.134. The lowest BCUT2D eigenvalue weighted by Crippen LogP contribution is -2.50. The Kier molecular flexibility index (Phi) is 9.99. The molecule has 2 aliphatic heterocycles. The number of amides is 5. The first kappa shape index (κ1) is 31.2. The number of aliphatic hydroxyl groups excluding tert-OH is 1. The number of urea groups is 2. The average Bonchev–Trinajstić information content (AvgIpc) is 3.49.